The molecule has 2 saturated heterocycles. The topological polar surface area (TPSA) is 47.6 Å². The number of piperazine rings is 1. The van der Waals surface area contributed by atoms with Crippen molar-refractivity contribution in [2.45, 2.75) is 25.3 Å². The molecule has 2 heterocycles. The van der Waals surface area contributed by atoms with Gasteiger partial charge in [-0.1, -0.05) is 0 Å². The van der Waals surface area contributed by atoms with Crippen molar-refractivity contribution in [2.24, 2.45) is 0 Å². The van der Waals surface area contributed by atoms with Crippen molar-refractivity contribution < 1.29 is 4.79 Å². The van der Waals surface area contributed by atoms with Crippen molar-refractivity contribution in [3.05, 3.63) is 0 Å². The van der Waals surface area contributed by atoms with Gasteiger partial charge in [0.15, 0.2) is 0 Å². The van der Waals surface area contributed by atoms with Crippen molar-refractivity contribution in [2.75, 3.05) is 46.3 Å². The lowest BCUT2D eigenvalue weighted by Gasteiger charge is -2.39. The van der Waals surface area contributed by atoms with Crippen molar-refractivity contribution in [1.82, 2.24) is 20.4 Å². The summed E-state index contributed by atoms with van der Waals surface area (Å²) in [5.41, 5.74) is 0. The fourth-order valence-corrected chi connectivity index (χ4v) is 2.79. The highest BCUT2D eigenvalue weighted by molar-refractivity contribution is 5.74. The molecule has 2 aliphatic rings. The summed E-state index contributed by atoms with van der Waals surface area (Å²) < 4.78 is 0. The van der Waals surface area contributed by atoms with Gasteiger partial charge in [-0.2, -0.15) is 0 Å². The van der Waals surface area contributed by atoms with Crippen LogP contribution in [-0.4, -0.2) is 68.2 Å². The first kappa shape index (κ1) is 12.6. The minimum Gasteiger partial charge on any atom is -0.341 e. The fourth-order valence-electron chi connectivity index (χ4n) is 2.79. The van der Waals surface area contributed by atoms with Crippen LogP contribution in [0.4, 0.5) is 4.79 Å². The molecule has 17 heavy (non-hydrogen) atoms. The monoisotopic (exact) mass is 240 g/mol. The van der Waals surface area contributed by atoms with E-state index < -0.39 is 0 Å². The third-order valence-electron chi connectivity index (χ3n) is 3.78. The predicted octanol–water partition coefficient (Wildman–Crippen LogP) is 0.0855. The molecule has 1 atom stereocenters. The van der Waals surface area contributed by atoms with Gasteiger partial charge >= 0.3 is 6.03 Å². The third kappa shape index (κ3) is 3.33. The molecule has 0 spiro atoms. The number of likely N-dealkylation sites (tertiary alicyclic amines) is 1. The Morgan fingerprint density at radius 2 is 2.06 bits per heavy atom. The summed E-state index contributed by atoms with van der Waals surface area (Å²) in [6, 6.07) is 0.492. The van der Waals surface area contributed by atoms with E-state index in [1.54, 1.807) is 7.05 Å². The van der Waals surface area contributed by atoms with Crippen LogP contribution in [0.3, 0.4) is 0 Å². The second-order valence-electron chi connectivity index (χ2n) is 4.95. The quantitative estimate of drug-likeness (QED) is 0.719. The molecular weight excluding hydrogens is 216 g/mol. The van der Waals surface area contributed by atoms with E-state index in [9.17, 15) is 4.79 Å². The minimum absolute atomic E-state index is 0.0878. The van der Waals surface area contributed by atoms with Crippen molar-refractivity contribution >= 4 is 6.03 Å². The number of carbonyl (C=O) groups is 1. The molecular formula is C12H24N4O. The Morgan fingerprint density at radius 3 is 2.76 bits per heavy atom. The smallest absolute Gasteiger partial charge is 0.317 e. The molecule has 0 bridgehead atoms. The molecule has 5 heteroatoms. The number of urea groups is 1. The zero-order valence-electron chi connectivity index (χ0n) is 10.7. The van der Waals surface area contributed by atoms with Crippen LogP contribution in [0.2, 0.25) is 0 Å². The van der Waals surface area contributed by atoms with Gasteiger partial charge < -0.3 is 15.5 Å². The third-order valence-corrected chi connectivity index (χ3v) is 3.78. The van der Waals surface area contributed by atoms with Gasteiger partial charge in [-0.25, -0.2) is 4.79 Å². The van der Waals surface area contributed by atoms with Crippen LogP contribution in [0.25, 0.3) is 0 Å². The SMILES string of the molecule is CNC(=O)N1CCCCC1CN1CCNCC1. The Kier molecular flexibility index (Phi) is 4.62. The van der Waals surface area contributed by atoms with Crippen molar-refractivity contribution in [3.8, 4) is 0 Å². The summed E-state index contributed by atoms with van der Waals surface area (Å²) in [6.07, 6.45) is 3.55. The van der Waals surface area contributed by atoms with E-state index in [1.165, 1.54) is 6.42 Å². The predicted molar refractivity (Wildman–Crippen MR) is 68.1 cm³/mol. The highest BCUT2D eigenvalue weighted by atomic mass is 16.2. The van der Waals surface area contributed by atoms with Gasteiger partial charge in [-0.15, -0.1) is 0 Å². The first-order chi connectivity index (χ1) is 8.31. The Labute approximate surface area is 104 Å². The van der Waals surface area contributed by atoms with Crippen LogP contribution in [0.15, 0.2) is 0 Å². The summed E-state index contributed by atoms with van der Waals surface area (Å²) >= 11 is 0. The van der Waals surface area contributed by atoms with Crippen LogP contribution in [0, 0.1) is 0 Å². The van der Waals surface area contributed by atoms with E-state index in [0.29, 0.717) is 6.04 Å². The first-order valence-corrected chi connectivity index (χ1v) is 6.72. The lowest BCUT2D eigenvalue weighted by Crippen LogP contribution is -2.54. The molecule has 5 nitrogen and oxygen atoms in total. The van der Waals surface area contributed by atoms with E-state index in [1.807, 2.05) is 4.90 Å². The van der Waals surface area contributed by atoms with Gasteiger partial charge in [-0.3, -0.25) is 4.90 Å². The maximum absolute atomic E-state index is 11.8. The highest BCUT2D eigenvalue weighted by Crippen LogP contribution is 2.18. The summed E-state index contributed by atoms with van der Waals surface area (Å²) in [7, 11) is 1.72. The second kappa shape index (κ2) is 6.21. The zero-order chi connectivity index (χ0) is 12.1. The standard InChI is InChI=1S/C12H24N4O/c1-13-12(17)16-7-3-2-4-11(16)10-15-8-5-14-6-9-15/h11,14H,2-10H2,1H3,(H,13,17). The number of carbonyl (C=O) groups excluding carboxylic acids is 1. The summed E-state index contributed by atoms with van der Waals surface area (Å²) in [5, 5.41) is 6.12. The van der Waals surface area contributed by atoms with E-state index in [-0.39, 0.29) is 6.03 Å². The second-order valence-corrected chi connectivity index (χ2v) is 4.95. The number of piperidine rings is 1. The summed E-state index contributed by atoms with van der Waals surface area (Å²) in [5.74, 6) is 0. The molecule has 0 aromatic carbocycles. The lowest BCUT2D eigenvalue weighted by atomic mass is 10.0. The average molecular weight is 240 g/mol. The van der Waals surface area contributed by atoms with E-state index in [0.717, 1.165) is 52.1 Å². The van der Waals surface area contributed by atoms with Gasteiger partial charge in [-0.05, 0) is 19.3 Å². The number of nitrogens with one attached hydrogen (secondary N) is 2. The summed E-state index contributed by atoms with van der Waals surface area (Å²) in [6.45, 7) is 6.32. The molecule has 2 N–H and O–H groups in total. The molecule has 0 radical (unpaired) electrons. The molecule has 1 unspecified atom stereocenters. The van der Waals surface area contributed by atoms with Crippen LogP contribution in [-0.2, 0) is 0 Å². The van der Waals surface area contributed by atoms with Crippen molar-refractivity contribution in [1.29, 1.82) is 0 Å². The van der Waals surface area contributed by atoms with Gasteiger partial charge in [0, 0.05) is 52.4 Å². The number of hydrogen-bond acceptors (Lipinski definition) is 3. The largest absolute Gasteiger partial charge is 0.341 e. The first-order valence-electron chi connectivity index (χ1n) is 6.72. The molecule has 2 rings (SSSR count). The van der Waals surface area contributed by atoms with Gasteiger partial charge in [0.05, 0.1) is 0 Å². The fraction of sp³-hybridized carbons (Fsp3) is 0.917. The van der Waals surface area contributed by atoms with Crippen LogP contribution < -0.4 is 10.6 Å². The number of hydrogen-bond donors (Lipinski definition) is 2. The molecule has 2 fully saturated rings. The number of nitrogens with zero attached hydrogens (tertiary/aromatic N) is 2. The Bertz CT molecular complexity index is 253. The molecule has 0 aromatic heterocycles. The van der Waals surface area contributed by atoms with Crippen molar-refractivity contribution in [3.63, 3.8) is 0 Å². The Balaban J connectivity index is 1.88. The van der Waals surface area contributed by atoms with Gasteiger partial charge in [0.1, 0.15) is 0 Å². The molecule has 98 valence electrons. The zero-order valence-corrected chi connectivity index (χ0v) is 10.7. The van der Waals surface area contributed by atoms with E-state index in [2.05, 4.69) is 15.5 Å². The molecule has 0 saturated carbocycles. The van der Waals surface area contributed by atoms with Crippen LogP contribution in [0.5, 0.6) is 0 Å². The van der Waals surface area contributed by atoms with Crippen LogP contribution >= 0.6 is 0 Å². The van der Waals surface area contributed by atoms with E-state index in [4.69, 9.17) is 0 Å². The molecule has 0 aromatic rings. The molecule has 2 amide bonds. The van der Waals surface area contributed by atoms with Crippen LogP contribution in [0.1, 0.15) is 19.3 Å². The number of rotatable bonds is 2. The normalized spacial score (nSPS) is 26.9. The maximum Gasteiger partial charge on any atom is 0.317 e. The lowest BCUT2D eigenvalue weighted by molar-refractivity contribution is 0.115. The Hall–Kier alpha value is -0.810. The maximum atomic E-state index is 11.8. The van der Waals surface area contributed by atoms with Gasteiger partial charge in [0.2, 0.25) is 0 Å². The highest BCUT2D eigenvalue weighted by Gasteiger charge is 2.27. The Morgan fingerprint density at radius 1 is 1.29 bits per heavy atom. The molecule has 2 aliphatic heterocycles. The molecule has 0 aliphatic carbocycles. The summed E-state index contributed by atoms with van der Waals surface area (Å²) in [4.78, 5) is 16.3. The van der Waals surface area contributed by atoms with E-state index >= 15 is 0 Å². The number of amides is 2. The minimum atomic E-state index is 0.0878. The van der Waals surface area contributed by atoms with Gasteiger partial charge in [0.25, 0.3) is 0 Å². The average Bonchev–Trinajstić information content (AvgIpc) is 2.40.